The molecule has 7 nitrogen and oxygen atoms in total. The first-order valence-corrected chi connectivity index (χ1v) is 7.88. The van der Waals surface area contributed by atoms with Gasteiger partial charge in [0.2, 0.25) is 5.91 Å². The molecule has 1 atom stereocenters. The van der Waals surface area contributed by atoms with E-state index in [0.717, 1.165) is 4.57 Å². The van der Waals surface area contributed by atoms with E-state index in [-0.39, 0.29) is 24.7 Å². The number of hydrogen-bond donors (Lipinski definition) is 1. The molecule has 1 saturated heterocycles. The molecule has 0 aliphatic carbocycles. The van der Waals surface area contributed by atoms with E-state index in [1.54, 1.807) is 11.8 Å². The van der Waals surface area contributed by atoms with Crippen molar-refractivity contribution in [2.75, 3.05) is 26.2 Å². The number of carboxylic acid groups (broad SMARTS) is 1. The van der Waals surface area contributed by atoms with E-state index >= 15 is 0 Å². The van der Waals surface area contributed by atoms with Crippen molar-refractivity contribution in [2.45, 2.75) is 32.9 Å². The maximum absolute atomic E-state index is 12.8. The first-order valence-electron chi connectivity index (χ1n) is 7.88. The minimum Gasteiger partial charge on any atom is -0.481 e. The second-order valence-corrected chi connectivity index (χ2v) is 6.09. The Morgan fingerprint density at radius 3 is 2.50 bits per heavy atom. The van der Waals surface area contributed by atoms with Crippen LogP contribution in [-0.4, -0.2) is 62.5 Å². The Kier molecular flexibility index (Phi) is 6.24. The van der Waals surface area contributed by atoms with Gasteiger partial charge in [0.25, 0.3) is 0 Å². The van der Waals surface area contributed by atoms with Gasteiger partial charge in [-0.2, -0.15) is 8.78 Å². The summed E-state index contributed by atoms with van der Waals surface area (Å²) in [5, 5.41) is 8.73. The van der Waals surface area contributed by atoms with Crippen LogP contribution >= 0.6 is 0 Å². The average molecular weight is 344 g/mol. The lowest BCUT2D eigenvalue weighted by molar-refractivity contribution is -0.139. The number of aromatic nitrogens is 2. The Labute approximate surface area is 138 Å². The smallest absolute Gasteiger partial charge is 0.319 e. The van der Waals surface area contributed by atoms with Crippen LogP contribution in [0.4, 0.5) is 8.78 Å². The van der Waals surface area contributed by atoms with Gasteiger partial charge in [0, 0.05) is 51.4 Å². The first kappa shape index (κ1) is 18.3. The summed E-state index contributed by atoms with van der Waals surface area (Å²) in [6.45, 7) is 1.62. The van der Waals surface area contributed by atoms with Crippen LogP contribution < -0.4 is 0 Å². The molecular weight excluding hydrogens is 322 g/mol. The third-order valence-electron chi connectivity index (χ3n) is 4.10. The van der Waals surface area contributed by atoms with Gasteiger partial charge in [0.15, 0.2) is 0 Å². The fourth-order valence-electron chi connectivity index (χ4n) is 2.80. The molecule has 0 saturated carbocycles. The summed E-state index contributed by atoms with van der Waals surface area (Å²) in [4.78, 5) is 30.4. The zero-order valence-corrected chi connectivity index (χ0v) is 13.6. The molecule has 1 aromatic rings. The summed E-state index contributed by atoms with van der Waals surface area (Å²) in [6, 6.07) is 0. The van der Waals surface area contributed by atoms with Crippen molar-refractivity contribution in [1.29, 1.82) is 0 Å². The van der Waals surface area contributed by atoms with Crippen molar-refractivity contribution in [3.8, 4) is 0 Å². The van der Waals surface area contributed by atoms with E-state index in [4.69, 9.17) is 5.11 Å². The van der Waals surface area contributed by atoms with Gasteiger partial charge in [-0.1, -0.05) is 6.92 Å². The number of alkyl halides is 2. The zero-order chi connectivity index (χ0) is 17.7. The molecule has 2 heterocycles. The standard InChI is InChI=1S/C15H22F2N4O3/c1-11(9-14(23)24)8-13(22)20-6-4-19(5-7-20)10-12-18-2-3-21(12)15(16)17/h2-3,11,15H,4-10H2,1H3,(H,23,24). The lowest BCUT2D eigenvalue weighted by Crippen LogP contribution is -2.48. The molecule has 1 aliphatic rings. The summed E-state index contributed by atoms with van der Waals surface area (Å²) in [7, 11) is 0. The molecular formula is C15H22F2N4O3. The van der Waals surface area contributed by atoms with E-state index in [2.05, 4.69) is 4.98 Å². The fraction of sp³-hybridized carbons (Fsp3) is 0.667. The summed E-state index contributed by atoms with van der Waals surface area (Å²) >= 11 is 0. The number of aliphatic carboxylic acids is 1. The highest BCUT2D eigenvalue weighted by Gasteiger charge is 2.24. The minimum absolute atomic E-state index is 0.0258. The maximum atomic E-state index is 12.8. The van der Waals surface area contributed by atoms with Crippen molar-refractivity contribution in [2.24, 2.45) is 5.92 Å². The highest BCUT2D eigenvalue weighted by molar-refractivity contribution is 5.77. The zero-order valence-electron chi connectivity index (χ0n) is 13.6. The molecule has 0 radical (unpaired) electrons. The molecule has 1 aromatic heterocycles. The topological polar surface area (TPSA) is 78.7 Å². The van der Waals surface area contributed by atoms with Gasteiger partial charge in [-0.25, -0.2) is 4.98 Å². The van der Waals surface area contributed by atoms with Crippen LogP contribution in [0.15, 0.2) is 12.4 Å². The summed E-state index contributed by atoms with van der Waals surface area (Å²) < 4.78 is 26.4. The van der Waals surface area contributed by atoms with E-state index in [0.29, 0.717) is 38.5 Å². The number of nitrogens with zero attached hydrogens (tertiary/aromatic N) is 4. The van der Waals surface area contributed by atoms with Crippen LogP contribution in [0.25, 0.3) is 0 Å². The Morgan fingerprint density at radius 2 is 1.92 bits per heavy atom. The second-order valence-electron chi connectivity index (χ2n) is 6.09. The first-order chi connectivity index (χ1) is 11.4. The third-order valence-corrected chi connectivity index (χ3v) is 4.10. The molecule has 2 rings (SSSR count). The van der Waals surface area contributed by atoms with Crippen LogP contribution in [0.5, 0.6) is 0 Å². The number of piperazine rings is 1. The molecule has 0 bridgehead atoms. The molecule has 1 unspecified atom stereocenters. The summed E-state index contributed by atoms with van der Waals surface area (Å²) in [5.41, 5.74) is 0. The molecule has 0 spiro atoms. The average Bonchev–Trinajstić information content (AvgIpc) is 2.95. The van der Waals surface area contributed by atoms with Crippen LogP contribution in [0.3, 0.4) is 0 Å². The maximum Gasteiger partial charge on any atom is 0.319 e. The van der Waals surface area contributed by atoms with Gasteiger partial charge < -0.3 is 10.0 Å². The Morgan fingerprint density at radius 1 is 1.25 bits per heavy atom. The molecule has 1 fully saturated rings. The fourth-order valence-corrected chi connectivity index (χ4v) is 2.80. The van der Waals surface area contributed by atoms with Crippen molar-refractivity contribution >= 4 is 11.9 Å². The lowest BCUT2D eigenvalue weighted by atomic mass is 10.0. The van der Waals surface area contributed by atoms with Crippen LogP contribution in [-0.2, 0) is 16.1 Å². The quantitative estimate of drug-likeness (QED) is 0.809. The molecule has 0 aromatic carbocycles. The highest BCUT2D eigenvalue weighted by atomic mass is 19.3. The molecule has 1 N–H and O–H groups in total. The highest BCUT2D eigenvalue weighted by Crippen LogP contribution is 2.16. The van der Waals surface area contributed by atoms with Crippen LogP contribution in [0, 0.1) is 5.92 Å². The van der Waals surface area contributed by atoms with Gasteiger partial charge in [-0.3, -0.25) is 19.1 Å². The van der Waals surface area contributed by atoms with Gasteiger partial charge in [0.1, 0.15) is 5.82 Å². The lowest BCUT2D eigenvalue weighted by Gasteiger charge is -2.35. The van der Waals surface area contributed by atoms with Gasteiger partial charge in [-0.05, 0) is 5.92 Å². The van der Waals surface area contributed by atoms with Gasteiger partial charge in [0.05, 0.1) is 6.54 Å². The number of rotatable bonds is 7. The summed E-state index contributed by atoms with van der Waals surface area (Å²) in [5.74, 6) is -0.862. The molecule has 9 heteroatoms. The number of amides is 1. The van der Waals surface area contributed by atoms with E-state index in [1.807, 2.05) is 4.90 Å². The van der Waals surface area contributed by atoms with E-state index in [9.17, 15) is 18.4 Å². The largest absolute Gasteiger partial charge is 0.481 e. The predicted molar refractivity (Wildman–Crippen MR) is 81.4 cm³/mol. The van der Waals surface area contributed by atoms with Crippen molar-refractivity contribution in [1.82, 2.24) is 19.4 Å². The van der Waals surface area contributed by atoms with E-state index < -0.39 is 12.5 Å². The summed E-state index contributed by atoms with van der Waals surface area (Å²) in [6.07, 6.45) is 2.79. The number of imidazole rings is 1. The minimum atomic E-state index is -2.61. The normalized spacial score (nSPS) is 17.2. The number of hydrogen-bond acceptors (Lipinski definition) is 4. The Hall–Kier alpha value is -2.03. The van der Waals surface area contributed by atoms with E-state index in [1.165, 1.54) is 12.4 Å². The SMILES string of the molecule is CC(CC(=O)O)CC(=O)N1CCN(Cc2nccn2C(F)F)CC1. The van der Waals surface area contributed by atoms with Crippen LogP contribution in [0.2, 0.25) is 0 Å². The number of carboxylic acids is 1. The van der Waals surface area contributed by atoms with Gasteiger partial charge >= 0.3 is 12.5 Å². The van der Waals surface area contributed by atoms with Crippen molar-refractivity contribution < 1.29 is 23.5 Å². The monoisotopic (exact) mass is 344 g/mol. The predicted octanol–water partition coefficient (Wildman–Crippen LogP) is 1.42. The number of halogens is 2. The Balaban J connectivity index is 1.79. The molecule has 1 amide bonds. The Bertz CT molecular complexity index is 571. The molecule has 134 valence electrons. The van der Waals surface area contributed by atoms with Crippen molar-refractivity contribution in [3.05, 3.63) is 18.2 Å². The molecule has 24 heavy (non-hydrogen) atoms. The number of carbonyl (C=O) groups excluding carboxylic acids is 1. The third kappa shape index (κ3) is 4.98. The van der Waals surface area contributed by atoms with Crippen LogP contribution in [0.1, 0.15) is 32.1 Å². The second kappa shape index (κ2) is 8.18. The van der Waals surface area contributed by atoms with Crippen molar-refractivity contribution in [3.63, 3.8) is 0 Å². The number of carbonyl (C=O) groups is 2. The molecule has 1 aliphatic heterocycles. The van der Waals surface area contributed by atoms with Gasteiger partial charge in [-0.15, -0.1) is 0 Å².